The lowest BCUT2D eigenvalue weighted by Crippen LogP contribution is -2.35. The first-order valence-electron chi connectivity index (χ1n) is 6.34. The first kappa shape index (κ1) is 11.7. The number of ether oxygens (including phenoxy) is 2. The smallest absolute Gasteiger partial charge is 0.125 e. The molecule has 2 atom stereocenters. The molecular formula is C14H17NO3. The zero-order valence-corrected chi connectivity index (χ0v) is 10.2. The summed E-state index contributed by atoms with van der Waals surface area (Å²) < 4.78 is 11.4. The van der Waals surface area contributed by atoms with E-state index in [1.165, 1.54) is 5.56 Å². The Bertz CT molecular complexity index is 418. The van der Waals surface area contributed by atoms with Crippen molar-refractivity contribution >= 4 is 5.71 Å². The van der Waals surface area contributed by atoms with E-state index >= 15 is 0 Å². The molecule has 4 nitrogen and oxygen atoms in total. The van der Waals surface area contributed by atoms with E-state index in [9.17, 15) is 0 Å². The van der Waals surface area contributed by atoms with Crippen molar-refractivity contribution in [3.8, 4) is 0 Å². The Labute approximate surface area is 107 Å². The van der Waals surface area contributed by atoms with Gasteiger partial charge in [-0.1, -0.05) is 35.5 Å². The lowest BCUT2D eigenvalue weighted by molar-refractivity contribution is -0.0274. The lowest BCUT2D eigenvalue weighted by Gasteiger charge is -2.26. The zero-order chi connectivity index (χ0) is 12.2. The zero-order valence-electron chi connectivity index (χ0n) is 10.2. The highest BCUT2D eigenvalue weighted by atomic mass is 16.6. The van der Waals surface area contributed by atoms with Crippen molar-refractivity contribution in [2.45, 2.75) is 19.1 Å². The summed E-state index contributed by atoms with van der Waals surface area (Å²) >= 11 is 0. The third kappa shape index (κ3) is 2.71. The average Bonchev–Trinajstić information content (AvgIpc) is 2.87. The van der Waals surface area contributed by atoms with Crippen molar-refractivity contribution in [2.24, 2.45) is 11.1 Å². The second-order valence-electron chi connectivity index (χ2n) is 4.74. The van der Waals surface area contributed by atoms with E-state index in [-0.39, 0.29) is 6.10 Å². The van der Waals surface area contributed by atoms with E-state index < -0.39 is 0 Å². The first-order chi connectivity index (χ1) is 8.92. The van der Waals surface area contributed by atoms with Gasteiger partial charge in [0.1, 0.15) is 6.61 Å². The van der Waals surface area contributed by atoms with Crippen LogP contribution in [0.25, 0.3) is 0 Å². The fourth-order valence-electron chi connectivity index (χ4n) is 2.32. The molecule has 1 aromatic rings. The summed E-state index contributed by atoms with van der Waals surface area (Å²) in [5, 5.41) is 3.97. The summed E-state index contributed by atoms with van der Waals surface area (Å²) in [5.74, 6) is 0.434. The van der Waals surface area contributed by atoms with Crippen LogP contribution in [0.3, 0.4) is 0 Å². The molecule has 1 aromatic carbocycles. The maximum absolute atomic E-state index is 5.70. The van der Waals surface area contributed by atoms with Crippen LogP contribution in [0, 0.1) is 5.92 Å². The third-order valence-electron chi connectivity index (χ3n) is 3.36. The molecule has 0 saturated carbocycles. The van der Waals surface area contributed by atoms with E-state index in [2.05, 4.69) is 17.3 Å². The molecule has 0 bridgehead atoms. The Hall–Kier alpha value is -1.39. The minimum atomic E-state index is 0.166. The maximum Gasteiger partial charge on any atom is 0.125 e. The number of fused-ring (bicyclic) bond motifs is 1. The summed E-state index contributed by atoms with van der Waals surface area (Å²) in [6, 6.07) is 10.2. The number of hydrogen-bond donors (Lipinski definition) is 0. The fourth-order valence-corrected chi connectivity index (χ4v) is 2.32. The minimum absolute atomic E-state index is 0.166. The summed E-state index contributed by atoms with van der Waals surface area (Å²) in [5.41, 5.74) is 2.24. The number of nitrogens with zero attached hydrogens (tertiary/aromatic N) is 1. The molecule has 96 valence electrons. The maximum atomic E-state index is 5.70. The summed E-state index contributed by atoms with van der Waals surface area (Å²) in [7, 11) is 0. The van der Waals surface area contributed by atoms with Gasteiger partial charge in [-0.15, -0.1) is 0 Å². The Morgan fingerprint density at radius 1 is 1.28 bits per heavy atom. The highest BCUT2D eigenvalue weighted by molar-refractivity contribution is 5.89. The Morgan fingerprint density at radius 3 is 3.06 bits per heavy atom. The third-order valence-corrected chi connectivity index (χ3v) is 3.36. The van der Waals surface area contributed by atoms with Crippen molar-refractivity contribution in [1.82, 2.24) is 0 Å². The largest absolute Gasteiger partial charge is 0.395 e. The van der Waals surface area contributed by atoms with Gasteiger partial charge in [0.2, 0.25) is 0 Å². The van der Waals surface area contributed by atoms with Crippen LogP contribution in [0.1, 0.15) is 12.0 Å². The van der Waals surface area contributed by atoms with Gasteiger partial charge < -0.3 is 14.3 Å². The quantitative estimate of drug-likeness (QED) is 0.817. The molecule has 0 radical (unpaired) electrons. The summed E-state index contributed by atoms with van der Waals surface area (Å²) in [6.07, 6.45) is 1.12. The minimum Gasteiger partial charge on any atom is -0.395 e. The Balaban J connectivity index is 1.43. The summed E-state index contributed by atoms with van der Waals surface area (Å²) in [6.45, 7) is 2.57. The predicted octanol–water partition coefficient (Wildman–Crippen LogP) is 1.99. The van der Waals surface area contributed by atoms with Gasteiger partial charge in [-0.25, -0.2) is 0 Å². The van der Waals surface area contributed by atoms with Gasteiger partial charge >= 0.3 is 0 Å². The highest BCUT2D eigenvalue weighted by Crippen LogP contribution is 2.23. The molecule has 18 heavy (non-hydrogen) atoms. The summed E-state index contributed by atoms with van der Waals surface area (Å²) in [4.78, 5) is 5.08. The van der Waals surface area contributed by atoms with Crippen molar-refractivity contribution in [2.75, 3.05) is 19.8 Å². The highest BCUT2D eigenvalue weighted by Gasteiger charge is 2.32. The van der Waals surface area contributed by atoms with Gasteiger partial charge in [-0.05, 0) is 12.0 Å². The number of oxime groups is 1. The lowest BCUT2D eigenvalue weighted by atomic mass is 9.95. The molecule has 0 spiro atoms. The molecular weight excluding hydrogens is 230 g/mol. The standard InChI is InChI=1S/C14H17NO3/c1-2-4-11(5-3-1)7-16-9-13-6-12-8-18-15-14(12)10-17-13/h1-5,12-13H,6-10H2/t12-,13?/m0/s1. The van der Waals surface area contributed by atoms with Crippen LogP contribution in [-0.2, 0) is 20.9 Å². The van der Waals surface area contributed by atoms with Gasteiger partial charge in [0.05, 0.1) is 31.6 Å². The normalized spacial score (nSPS) is 26.3. The van der Waals surface area contributed by atoms with E-state index in [0.29, 0.717) is 32.3 Å². The molecule has 0 N–H and O–H groups in total. The van der Waals surface area contributed by atoms with Gasteiger partial charge in [0.15, 0.2) is 0 Å². The van der Waals surface area contributed by atoms with E-state index in [4.69, 9.17) is 14.3 Å². The fraction of sp³-hybridized carbons (Fsp3) is 0.500. The van der Waals surface area contributed by atoms with Crippen LogP contribution in [0.4, 0.5) is 0 Å². The molecule has 0 aromatic heterocycles. The molecule has 1 fully saturated rings. The van der Waals surface area contributed by atoms with Crippen molar-refractivity contribution in [1.29, 1.82) is 0 Å². The SMILES string of the molecule is c1ccc(COCC2C[C@H]3CON=C3CO2)cc1. The van der Waals surface area contributed by atoms with Gasteiger partial charge in [0, 0.05) is 5.92 Å². The van der Waals surface area contributed by atoms with Gasteiger partial charge in [0.25, 0.3) is 0 Å². The molecule has 1 unspecified atom stereocenters. The van der Waals surface area contributed by atoms with Crippen molar-refractivity contribution < 1.29 is 14.3 Å². The van der Waals surface area contributed by atoms with Crippen LogP contribution >= 0.6 is 0 Å². The van der Waals surface area contributed by atoms with Crippen LogP contribution < -0.4 is 0 Å². The van der Waals surface area contributed by atoms with Crippen molar-refractivity contribution in [3.05, 3.63) is 35.9 Å². The molecule has 0 aliphatic carbocycles. The molecule has 4 heteroatoms. The second kappa shape index (κ2) is 5.50. The molecule has 0 amide bonds. The van der Waals surface area contributed by atoms with Crippen LogP contribution in [-0.4, -0.2) is 31.6 Å². The van der Waals surface area contributed by atoms with Crippen LogP contribution in [0.2, 0.25) is 0 Å². The Morgan fingerprint density at radius 2 is 2.17 bits per heavy atom. The number of hydrogen-bond acceptors (Lipinski definition) is 4. The molecule has 2 heterocycles. The second-order valence-corrected chi connectivity index (χ2v) is 4.74. The molecule has 2 aliphatic rings. The number of rotatable bonds is 4. The average molecular weight is 247 g/mol. The topological polar surface area (TPSA) is 40.0 Å². The predicted molar refractivity (Wildman–Crippen MR) is 67.3 cm³/mol. The number of benzene rings is 1. The van der Waals surface area contributed by atoms with Crippen LogP contribution in [0.5, 0.6) is 0 Å². The van der Waals surface area contributed by atoms with E-state index in [0.717, 1.165) is 12.1 Å². The molecule has 1 saturated heterocycles. The monoisotopic (exact) mass is 247 g/mol. The molecule has 2 aliphatic heterocycles. The van der Waals surface area contributed by atoms with Gasteiger partial charge in [-0.2, -0.15) is 0 Å². The molecule has 3 rings (SSSR count). The van der Waals surface area contributed by atoms with Gasteiger partial charge in [-0.3, -0.25) is 0 Å². The van der Waals surface area contributed by atoms with E-state index in [1.807, 2.05) is 18.2 Å². The first-order valence-corrected chi connectivity index (χ1v) is 6.34. The Kier molecular flexibility index (Phi) is 3.57. The van der Waals surface area contributed by atoms with Crippen LogP contribution in [0.15, 0.2) is 35.5 Å². The van der Waals surface area contributed by atoms with Crippen molar-refractivity contribution in [3.63, 3.8) is 0 Å². The van der Waals surface area contributed by atoms with E-state index in [1.54, 1.807) is 0 Å².